The first-order chi connectivity index (χ1) is 6.47. The van der Waals surface area contributed by atoms with E-state index in [0.29, 0.717) is 11.2 Å². The molecule has 0 aliphatic heterocycles. The maximum Gasteiger partial charge on any atom is 0.449 e. The van der Waals surface area contributed by atoms with Crippen LogP contribution in [0.3, 0.4) is 0 Å². The molecule has 14 heavy (non-hydrogen) atoms. The van der Waals surface area contributed by atoms with E-state index in [2.05, 4.69) is 15.0 Å². The Hall–Kier alpha value is -1.59. The lowest BCUT2D eigenvalue weighted by atomic mass is 10.3. The van der Waals surface area contributed by atoms with E-state index < -0.39 is 12.0 Å². The van der Waals surface area contributed by atoms with E-state index >= 15 is 0 Å². The minimum Gasteiger partial charge on any atom is -0.333 e. The van der Waals surface area contributed by atoms with Crippen molar-refractivity contribution in [1.29, 1.82) is 0 Å². The third kappa shape index (κ3) is 1.43. The standard InChI is InChI=1S/C8H6F3N3/c1-4-2-5-6(3-12-4)14-7(13-5)8(9,10)11/h2-3H,1H3,(H,13,14). The summed E-state index contributed by atoms with van der Waals surface area (Å²) in [6.45, 7) is 1.70. The number of hydrogen-bond donors (Lipinski definition) is 1. The van der Waals surface area contributed by atoms with Crippen LogP contribution in [0.5, 0.6) is 0 Å². The van der Waals surface area contributed by atoms with E-state index in [0.717, 1.165) is 0 Å². The summed E-state index contributed by atoms with van der Waals surface area (Å²) in [5.41, 5.74) is 1.21. The van der Waals surface area contributed by atoms with Crippen molar-refractivity contribution in [2.24, 2.45) is 0 Å². The Morgan fingerprint density at radius 2 is 2.07 bits per heavy atom. The van der Waals surface area contributed by atoms with Crippen LogP contribution in [0.4, 0.5) is 13.2 Å². The quantitative estimate of drug-likeness (QED) is 0.710. The molecule has 6 heteroatoms. The molecule has 3 nitrogen and oxygen atoms in total. The molecule has 0 atom stereocenters. The SMILES string of the molecule is Cc1cc2nc(C(F)(F)F)[nH]c2cn1. The predicted molar refractivity (Wildman–Crippen MR) is 43.6 cm³/mol. The first-order valence-electron chi connectivity index (χ1n) is 3.86. The molecule has 0 radical (unpaired) electrons. The zero-order valence-corrected chi connectivity index (χ0v) is 7.18. The fourth-order valence-electron chi connectivity index (χ4n) is 1.14. The molecule has 0 spiro atoms. The molecule has 2 aromatic heterocycles. The topological polar surface area (TPSA) is 41.6 Å². The van der Waals surface area contributed by atoms with E-state index in [1.165, 1.54) is 12.3 Å². The van der Waals surface area contributed by atoms with Gasteiger partial charge in [0.1, 0.15) is 0 Å². The molecule has 0 fully saturated rings. The Morgan fingerprint density at radius 3 is 2.71 bits per heavy atom. The lowest BCUT2D eigenvalue weighted by molar-refractivity contribution is -0.144. The van der Waals surface area contributed by atoms with Crippen molar-refractivity contribution in [3.8, 4) is 0 Å². The third-order valence-electron chi connectivity index (χ3n) is 1.77. The second-order valence-electron chi connectivity index (χ2n) is 2.93. The summed E-state index contributed by atoms with van der Waals surface area (Å²) in [6, 6.07) is 1.50. The second kappa shape index (κ2) is 2.70. The van der Waals surface area contributed by atoms with Gasteiger partial charge in [0, 0.05) is 5.69 Å². The number of halogens is 3. The van der Waals surface area contributed by atoms with Crippen molar-refractivity contribution in [3.05, 3.63) is 23.8 Å². The Bertz CT molecular complexity index is 472. The molecule has 2 heterocycles. The third-order valence-corrected chi connectivity index (χ3v) is 1.77. The number of nitrogens with one attached hydrogen (secondary N) is 1. The molecule has 2 rings (SSSR count). The molecule has 0 aromatic carbocycles. The average Bonchev–Trinajstić information content (AvgIpc) is 2.45. The van der Waals surface area contributed by atoms with E-state index in [9.17, 15) is 13.2 Å². The molecule has 1 N–H and O–H groups in total. The zero-order chi connectivity index (χ0) is 10.3. The summed E-state index contributed by atoms with van der Waals surface area (Å²) in [6.07, 6.45) is -3.10. The van der Waals surface area contributed by atoms with Crippen LogP contribution in [-0.4, -0.2) is 15.0 Å². The van der Waals surface area contributed by atoms with Gasteiger partial charge >= 0.3 is 6.18 Å². The van der Waals surface area contributed by atoms with Crippen LogP contribution in [0, 0.1) is 6.92 Å². The summed E-state index contributed by atoms with van der Waals surface area (Å²) >= 11 is 0. The summed E-state index contributed by atoms with van der Waals surface area (Å²) in [4.78, 5) is 9.45. The Labute approximate surface area is 77.0 Å². The van der Waals surface area contributed by atoms with Crippen molar-refractivity contribution in [3.63, 3.8) is 0 Å². The number of aromatic nitrogens is 3. The predicted octanol–water partition coefficient (Wildman–Crippen LogP) is 2.29. The Balaban J connectivity index is 2.63. The molecule has 0 unspecified atom stereocenters. The summed E-state index contributed by atoms with van der Waals surface area (Å²) in [5, 5.41) is 0. The van der Waals surface area contributed by atoms with Crippen LogP contribution in [0.15, 0.2) is 12.3 Å². The first kappa shape index (κ1) is 8.98. The van der Waals surface area contributed by atoms with Gasteiger partial charge in [-0.05, 0) is 13.0 Å². The van der Waals surface area contributed by atoms with Crippen LogP contribution in [0.25, 0.3) is 11.0 Å². The van der Waals surface area contributed by atoms with Crippen molar-refractivity contribution in [2.45, 2.75) is 13.1 Å². The van der Waals surface area contributed by atoms with E-state index in [1.807, 2.05) is 0 Å². The number of imidazole rings is 1. The first-order valence-corrected chi connectivity index (χ1v) is 3.86. The zero-order valence-electron chi connectivity index (χ0n) is 7.18. The van der Waals surface area contributed by atoms with E-state index in [-0.39, 0.29) is 5.52 Å². The average molecular weight is 201 g/mol. The molecule has 0 aliphatic carbocycles. The lowest BCUT2D eigenvalue weighted by Gasteiger charge is -1.98. The van der Waals surface area contributed by atoms with Crippen LogP contribution in [-0.2, 0) is 6.18 Å². The lowest BCUT2D eigenvalue weighted by Crippen LogP contribution is -2.06. The molecule has 0 saturated heterocycles. The van der Waals surface area contributed by atoms with Crippen LogP contribution in [0.1, 0.15) is 11.5 Å². The molecule has 0 bridgehead atoms. The van der Waals surface area contributed by atoms with Crippen molar-refractivity contribution < 1.29 is 13.2 Å². The maximum atomic E-state index is 12.2. The van der Waals surface area contributed by atoms with Gasteiger partial charge in [-0.25, -0.2) is 4.98 Å². The van der Waals surface area contributed by atoms with Gasteiger partial charge in [0.15, 0.2) is 0 Å². The summed E-state index contributed by atoms with van der Waals surface area (Å²) in [5.74, 6) is -0.986. The van der Waals surface area contributed by atoms with Gasteiger partial charge in [-0.2, -0.15) is 13.2 Å². The molecule has 0 saturated carbocycles. The summed E-state index contributed by atoms with van der Waals surface area (Å²) < 4.78 is 36.6. The van der Waals surface area contributed by atoms with Gasteiger partial charge in [-0.3, -0.25) is 4.98 Å². The normalized spacial score (nSPS) is 12.3. The highest BCUT2D eigenvalue weighted by Gasteiger charge is 2.34. The highest BCUT2D eigenvalue weighted by Crippen LogP contribution is 2.28. The van der Waals surface area contributed by atoms with Crippen molar-refractivity contribution in [1.82, 2.24) is 15.0 Å². The number of fused-ring (bicyclic) bond motifs is 1. The van der Waals surface area contributed by atoms with Gasteiger partial charge in [-0.15, -0.1) is 0 Å². The number of aromatic amines is 1. The Kier molecular flexibility index (Phi) is 1.73. The number of rotatable bonds is 0. The van der Waals surface area contributed by atoms with Gasteiger partial charge < -0.3 is 4.98 Å². The molecular weight excluding hydrogens is 195 g/mol. The second-order valence-corrected chi connectivity index (χ2v) is 2.93. The monoisotopic (exact) mass is 201 g/mol. The molecule has 0 aliphatic rings. The smallest absolute Gasteiger partial charge is 0.333 e. The minimum atomic E-state index is -4.44. The largest absolute Gasteiger partial charge is 0.449 e. The number of H-pyrrole nitrogens is 1. The molecular formula is C8H6F3N3. The van der Waals surface area contributed by atoms with Crippen LogP contribution in [0.2, 0.25) is 0 Å². The highest BCUT2D eigenvalue weighted by molar-refractivity contribution is 5.74. The molecule has 0 amide bonds. The van der Waals surface area contributed by atoms with E-state index in [1.54, 1.807) is 6.92 Å². The minimum absolute atomic E-state index is 0.282. The fourth-order valence-corrected chi connectivity index (χ4v) is 1.14. The highest BCUT2D eigenvalue weighted by atomic mass is 19.4. The fraction of sp³-hybridized carbons (Fsp3) is 0.250. The van der Waals surface area contributed by atoms with Crippen molar-refractivity contribution >= 4 is 11.0 Å². The maximum absolute atomic E-state index is 12.2. The Morgan fingerprint density at radius 1 is 1.36 bits per heavy atom. The number of aryl methyl sites for hydroxylation is 1. The van der Waals surface area contributed by atoms with E-state index in [4.69, 9.17) is 0 Å². The number of pyridine rings is 1. The van der Waals surface area contributed by atoms with Gasteiger partial charge in [0.2, 0.25) is 5.82 Å². The van der Waals surface area contributed by atoms with Crippen LogP contribution >= 0.6 is 0 Å². The molecule has 74 valence electrons. The number of hydrogen-bond acceptors (Lipinski definition) is 2. The van der Waals surface area contributed by atoms with Gasteiger partial charge in [0.25, 0.3) is 0 Å². The van der Waals surface area contributed by atoms with Gasteiger partial charge in [0.05, 0.1) is 17.2 Å². The number of alkyl halides is 3. The van der Waals surface area contributed by atoms with Gasteiger partial charge in [-0.1, -0.05) is 0 Å². The van der Waals surface area contributed by atoms with Crippen molar-refractivity contribution in [2.75, 3.05) is 0 Å². The summed E-state index contributed by atoms with van der Waals surface area (Å²) in [7, 11) is 0. The number of nitrogens with zero attached hydrogens (tertiary/aromatic N) is 2. The molecule has 2 aromatic rings. The van der Waals surface area contributed by atoms with Crippen LogP contribution < -0.4 is 0 Å².